The number of fused-ring (bicyclic) bond motifs is 1. The van der Waals surface area contributed by atoms with Gasteiger partial charge in [0.05, 0.1) is 5.52 Å². The van der Waals surface area contributed by atoms with Gasteiger partial charge in [-0.15, -0.1) is 0 Å². The molecule has 0 aliphatic heterocycles. The Kier molecular flexibility index (Phi) is 4.71. The quantitative estimate of drug-likeness (QED) is 0.489. The summed E-state index contributed by atoms with van der Waals surface area (Å²) in [5.74, 6) is 1.43. The summed E-state index contributed by atoms with van der Waals surface area (Å²) in [5, 5.41) is 7.86. The van der Waals surface area contributed by atoms with Gasteiger partial charge in [-0.25, -0.2) is 4.98 Å². The molecule has 4 heteroatoms. The van der Waals surface area contributed by atoms with Gasteiger partial charge in [-0.2, -0.15) is 4.98 Å². The summed E-state index contributed by atoms with van der Waals surface area (Å²) < 4.78 is 0. The van der Waals surface area contributed by atoms with Gasteiger partial charge >= 0.3 is 0 Å². The molecule has 134 valence electrons. The summed E-state index contributed by atoms with van der Waals surface area (Å²) in [6, 6.07) is 24.6. The largest absolute Gasteiger partial charge is 0.365 e. The van der Waals surface area contributed by atoms with Crippen LogP contribution in [0.1, 0.15) is 16.7 Å². The minimum atomic E-state index is 0.595. The molecule has 0 aliphatic rings. The average Bonchev–Trinajstić information content (AvgIpc) is 2.70. The predicted molar refractivity (Wildman–Crippen MR) is 113 cm³/mol. The topological polar surface area (TPSA) is 49.8 Å². The highest BCUT2D eigenvalue weighted by Crippen LogP contribution is 2.26. The van der Waals surface area contributed by atoms with Gasteiger partial charge in [0.1, 0.15) is 5.82 Å². The van der Waals surface area contributed by atoms with Gasteiger partial charge in [0.2, 0.25) is 5.95 Å². The van der Waals surface area contributed by atoms with E-state index in [1.807, 2.05) is 48.5 Å². The Bertz CT molecular complexity index is 1070. The number of hydrogen-bond donors (Lipinski definition) is 2. The second-order valence-corrected chi connectivity index (χ2v) is 6.62. The summed E-state index contributed by atoms with van der Waals surface area (Å²) in [6.45, 7) is 4.92. The first-order valence-corrected chi connectivity index (χ1v) is 9.08. The van der Waals surface area contributed by atoms with Crippen LogP contribution < -0.4 is 10.6 Å². The van der Waals surface area contributed by atoms with Crippen LogP contribution in [-0.2, 0) is 6.54 Å². The predicted octanol–water partition coefficient (Wildman–Crippen LogP) is 5.60. The van der Waals surface area contributed by atoms with Crippen molar-refractivity contribution in [3.05, 3.63) is 89.5 Å². The Morgan fingerprint density at radius 1 is 0.778 bits per heavy atom. The van der Waals surface area contributed by atoms with Crippen LogP contribution in [-0.4, -0.2) is 9.97 Å². The van der Waals surface area contributed by atoms with Crippen molar-refractivity contribution in [2.45, 2.75) is 20.4 Å². The number of nitrogens with one attached hydrogen (secondary N) is 2. The highest BCUT2D eigenvalue weighted by molar-refractivity contribution is 5.90. The van der Waals surface area contributed by atoms with Crippen LogP contribution in [0, 0.1) is 13.8 Å². The van der Waals surface area contributed by atoms with Crippen molar-refractivity contribution < 1.29 is 0 Å². The first kappa shape index (κ1) is 17.0. The van der Waals surface area contributed by atoms with Crippen LogP contribution in [0.4, 0.5) is 17.5 Å². The monoisotopic (exact) mass is 354 g/mol. The lowest BCUT2D eigenvalue weighted by Crippen LogP contribution is -2.06. The number of benzene rings is 3. The third-order valence-electron chi connectivity index (χ3n) is 4.76. The Morgan fingerprint density at radius 2 is 1.56 bits per heavy atom. The molecule has 0 spiro atoms. The Balaban J connectivity index is 1.68. The number of para-hydroxylation sites is 1. The van der Waals surface area contributed by atoms with E-state index in [-0.39, 0.29) is 0 Å². The standard InChI is InChI=1S/C23H22N4/c1-16-9-8-14-20(17(16)2)25-23-26-21-13-7-6-12-19(21)22(27-23)24-15-18-10-4-3-5-11-18/h3-14H,15H2,1-2H3,(H2,24,25,26,27). The maximum absolute atomic E-state index is 4.75. The summed E-state index contributed by atoms with van der Waals surface area (Å²) in [4.78, 5) is 9.44. The minimum absolute atomic E-state index is 0.595. The molecule has 2 N–H and O–H groups in total. The van der Waals surface area contributed by atoms with Gasteiger partial charge in [-0.3, -0.25) is 0 Å². The van der Waals surface area contributed by atoms with Crippen LogP contribution in [0.15, 0.2) is 72.8 Å². The van der Waals surface area contributed by atoms with E-state index in [1.165, 1.54) is 16.7 Å². The van der Waals surface area contributed by atoms with Crippen molar-refractivity contribution in [2.24, 2.45) is 0 Å². The fourth-order valence-electron chi connectivity index (χ4n) is 3.06. The Morgan fingerprint density at radius 3 is 2.41 bits per heavy atom. The van der Waals surface area contributed by atoms with Crippen molar-refractivity contribution in [2.75, 3.05) is 10.6 Å². The fraction of sp³-hybridized carbons (Fsp3) is 0.130. The molecule has 0 unspecified atom stereocenters. The van der Waals surface area contributed by atoms with Crippen molar-refractivity contribution in [3.8, 4) is 0 Å². The molecule has 27 heavy (non-hydrogen) atoms. The number of aromatic nitrogens is 2. The lowest BCUT2D eigenvalue weighted by molar-refractivity contribution is 1.10. The summed E-state index contributed by atoms with van der Waals surface area (Å²) in [6.07, 6.45) is 0. The van der Waals surface area contributed by atoms with Crippen molar-refractivity contribution >= 4 is 28.4 Å². The van der Waals surface area contributed by atoms with Crippen LogP contribution in [0.2, 0.25) is 0 Å². The number of nitrogens with zero attached hydrogens (tertiary/aromatic N) is 2. The van der Waals surface area contributed by atoms with E-state index in [9.17, 15) is 0 Å². The van der Waals surface area contributed by atoms with Gasteiger partial charge in [-0.1, -0.05) is 54.6 Å². The van der Waals surface area contributed by atoms with Crippen LogP contribution in [0.25, 0.3) is 10.9 Å². The molecule has 4 rings (SSSR count). The number of anilines is 3. The second kappa shape index (κ2) is 7.46. The van der Waals surface area contributed by atoms with E-state index >= 15 is 0 Å². The molecule has 0 radical (unpaired) electrons. The van der Waals surface area contributed by atoms with Crippen LogP contribution in [0.3, 0.4) is 0 Å². The molecule has 4 aromatic rings. The third-order valence-corrected chi connectivity index (χ3v) is 4.76. The number of hydrogen-bond acceptors (Lipinski definition) is 4. The van der Waals surface area contributed by atoms with Crippen molar-refractivity contribution in [1.29, 1.82) is 0 Å². The molecular formula is C23H22N4. The molecule has 0 fully saturated rings. The molecule has 0 amide bonds. The summed E-state index contributed by atoms with van der Waals surface area (Å²) >= 11 is 0. The van der Waals surface area contributed by atoms with E-state index < -0.39 is 0 Å². The maximum Gasteiger partial charge on any atom is 0.229 e. The summed E-state index contributed by atoms with van der Waals surface area (Å²) in [7, 11) is 0. The molecule has 4 nitrogen and oxygen atoms in total. The zero-order valence-electron chi connectivity index (χ0n) is 15.5. The molecule has 0 atom stereocenters. The lowest BCUT2D eigenvalue weighted by atomic mass is 10.1. The SMILES string of the molecule is Cc1cccc(Nc2nc(NCc3ccccc3)c3ccccc3n2)c1C. The van der Waals surface area contributed by atoms with Crippen LogP contribution >= 0.6 is 0 Å². The second-order valence-electron chi connectivity index (χ2n) is 6.62. The van der Waals surface area contributed by atoms with E-state index in [1.54, 1.807) is 0 Å². The van der Waals surface area contributed by atoms with Gasteiger partial charge in [0, 0.05) is 17.6 Å². The first-order chi connectivity index (χ1) is 13.2. The third kappa shape index (κ3) is 3.75. The van der Waals surface area contributed by atoms with Gasteiger partial charge in [-0.05, 0) is 48.7 Å². The van der Waals surface area contributed by atoms with E-state index in [0.717, 1.165) is 22.4 Å². The molecular weight excluding hydrogens is 332 g/mol. The normalized spacial score (nSPS) is 10.7. The molecule has 3 aromatic carbocycles. The highest BCUT2D eigenvalue weighted by Gasteiger charge is 2.09. The lowest BCUT2D eigenvalue weighted by Gasteiger charge is -2.14. The average molecular weight is 354 g/mol. The molecule has 0 saturated heterocycles. The fourth-order valence-corrected chi connectivity index (χ4v) is 3.06. The Hall–Kier alpha value is -3.40. The highest BCUT2D eigenvalue weighted by atomic mass is 15.1. The van der Waals surface area contributed by atoms with E-state index in [0.29, 0.717) is 12.5 Å². The van der Waals surface area contributed by atoms with E-state index in [2.05, 4.69) is 48.7 Å². The van der Waals surface area contributed by atoms with Gasteiger partial charge in [0.15, 0.2) is 0 Å². The van der Waals surface area contributed by atoms with Gasteiger partial charge < -0.3 is 10.6 Å². The Labute approximate surface area is 159 Å². The van der Waals surface area contributed by atoms with Crippen molar-refractivity contribution in [1.82, 2.24) is 9.97 Å². The molecule has 0 bridgehead atoms. The summed E-state index contributed by atoms with van der Waals surface area (Å²) in [5.41, 5.74) is 5.59. The van der Waals surface area contributed by atoms with Crippen LogP contribution in [0.5, 0.6) is 0 Å². The van der Waals surface area contributed by atoms with E-state index in [4.69, 9.17) is 9.97 Å². The maximum atomic E-state index is 4.75. The zero-order valence-corrected chi connectivity index (χ0v) is 15.5. The molecule has 0 saturated carbocycles. The van der Waals surface area contributed by atoms with Crippen molar-refractivity contribution in [3.63, 3.8) is 0 Å². The smallest absolute Gasteiger partial charge is 0.229 e. The number of aryl methyl sites for hydroxylation is 1. The number of rotatable bonds is 5. The molecule has 1 aromatic heterocycles. The van der Waals surface area contributed by atoms with Gasteiger partial charge in [0.25, 0.3) is 0 Å². The molecule has 0 aliphatic carbocycles. The zero-order chi connectivity index (χ0) is 18.6. The minimum Gasteiger partial charge on any atom is -0.365 e. The first-order valence-electron chi connectivity index (χ1n) is 9.08. The molecule has 1 heterocycles.